The Morgan fingerprint density at radius 3 is 2.65 bits per heavy atom. The SMILES string of the molecule is CCC(CC(=O)O)NC(=O)NCCCC1CC1. The van der Waals surface area contributed by atoms with Gasteiger partial charge in [0.05, 0.1) is 6.42 Å². The Hall–Kier alpha value is -1.26. The lowest BCUT2D eigenvalue weighted by Crippen LogP contribution is -2.43. The molecule has 1 aliphatic rings. The van der Waals surface area contributed by atoms with Crippen LogP contribution in [0.2, 0.25) is 0 Å². The summed E-state index contributed by atoms with van der Waals surface area (Å²) in [4.78, 5) is 22.0. The van der Waals surface area contributed by atoms with Crippen LogP contribution in [0.1, 0.15) is 45.4 Å². The van der Waals surface area contributed by atoms with Crippen LogP contribution in [-0.2, 0) is 4.79 Å². The van der Waals surface area contributed by atoms with E-state index < -0.39 is 5.97 Å². The first kappa shape index (κ1) is 13.8. The van der Waals surface area contributed by atoms with E-state index in [2.05, 4.69) is 10.6 Å². The van der Waals surface area contributed by atoms with Gasteiger partial charge in [0.15, 0.2) is 0 Å². The molecule has 0 aromatic carbocycles. The van der Waals surface area contributed by atoms with Gasteiger partial charge in [0.2, 0.25) is 0 Å². The van der Waals surface area contributed by atoms with Crippen LogP contribution < -0.4 is 10.6 Å². The highest BCUT2D eigenvalue weighted by atomic mass is 16.4. The lowest BCUT2D eigenvalue weighted by molar-refractivity contribution is -0.137. The van der Waals surface area contributed by atoms with E-state index in [1.165, 1.54) is 19.3 Å². The first-order valence-corrected chi connectivity index (χ1v) is 6.38. The quantitative estimate of drug-likeness (QED) is 0.567. The molecule has 2 amide bonds. The molecule has 0 aliphatic heterocycles. The van der Waals surface area contributed by atoms with Crippen molar-refractivity contribution >= 4 is 12.0 Å². The van der Waals surface area contributed by atoms with Crippen LogP contribution in [0.25, 0.3) is 0 Å². The monoisotopic (exact) mass is 242 g/mol. The zero-order chi connectivity index (χ0) is 12.7. The fourth-order valence-corrected chi connectivity index (χ4v) is 1.74. The van der Waals surface area contributed by atoms with E-state index in [1.54, 1.807) is 0 Å². The minimum atomic E-state index is -0.883. The molecule has 3 N–H and O–H groups in total. The maximum Gasteiger partial charge on any atom is 0.315 e. The molecule has 5 nitrogen and oxygen atoms in total. The molecule has 1 saturated carbocycles. The molecule has 1 rings (SSSR count). The van der Waals surface area contributed by atoms with Gasteiger partial charge in [0.1, 0.15) is 0 Å². The van der Waals surface area contributed by atoms with E-state index in [4.69, 9.17) is 5.11 Å². The topological polar surface area (TPSA) is 78.4 Å². The highest BCUT2D eigenvalue weighted by molar-refractivity contribution is 5.75. The van der Waals surface area contributed by atoms with Crippen LogP contribution in [0.15, 0.2) is 0 Å². The van der Waals surface area contributed by atoms with Gasteiger partial charge in [-0.2, -0.15) is 0 Å². The molecule has 0 spiro atoms. The van der Waals surface area contributed by atoms with Gasteiger partial charge in [-0.25, -0.2) is 4.79 Å². The molecule has 5 heteroatoms. The number of rotatable bonds is 8. The number of aliphatic carboxylic acids is 1. The number of carbonyl (C=O) groups excluding carboxylic acids is 1. The van der Waals surface area contributed by atoms with E-state index in [1.807, 2.05) is 6.92 Å². The van der Waals surface area contributed by atoms with Crippen molar-refractivity contribution in [3.05, 3.63) is 0 Å². The van der Waals surface area contributed by atoms with E-state index in [0.29, 0.717) is 13.0 Å². The number of nitrogens with one attached hydrogen (secondary N) is 2. The molecule has 0 aromatic heterocycles. The second kappa shape index (κ2) is 7.14. The average molecular weight is 242 g/mol. The molecular formula is C12H22N2O3. The van der Waals surface area contributed by atoms with Gasteiger partial charge in [-0.1, -0.05) is 19.8 Å². The molecule has 1 atom stereocenters. The predicted molar refractivity (Wildman–Crippen MR) is 64.8 cm³/mol. The number of carboxylic acid groups (broad SMARTS) is 1. The van der Waals surface area contributed by atoms with Crippen molar-refractivity contribution in [3.63, 3.8) is 0 Å². The highest BCUT2D eigenvalue weighted by Crippen LogP contribution is 2.33. The summed E-state index contributed by atoms with van der Waals surface area (Å²) in [6.45, 7) is 2.53. The number of urea groups is 1. The largest absolute Gasteiger partial charge is 0.481 e. The van der Waals surface area contributed by atoms with Gasteiger partial charge in [0, 0.05) is 12.6 Å². The Morgan fingerprint density at radius 1 is 1.41 bits per heavy atom. The molecule has 17 heavy (non-hydrogen) atoms. The van der Waals surface area contributed by atoms with Crippen molar-refractivity contribution in [3.8, 4) is 0 Å². The van der Waals surface area contributed by atoms with Crippen LogP contribution in [-0.4, -0.2) is 29.7 Å². The summed E-state index contributed by atoms with van der Waals surface area (Å²) in [6.07, 6.45) is 5.47. The number of carbonyl (C=O) groups is 2. The molecule has 0 heterocycles. The molecule has 98 valence electrons. The third-order valence-electron chi connectivity index (χ3n) is 3.02. The fourth-order valence-electron chi connectivity index (χ4n) is 1.74. The smallest absolute Gasteiger partial charge is 0.315 e. The van der Waals surface area contributed by atoms with Crippen LogP contribution in [0.4, 0.5) is 4.79 Å². The molecular weight excluding hydrogens is 220 g/mol. The summed E-state index contributed by atoms with van der Waals surface area (Å²) in [7, 11) is 0. The van der Waals surface area contributed by atoms with Crippen molar-refractivity contribution in [2.24, 2.45) is 5.92 Å². The zero-order valence-corrected chi connectivity index (χ0v) is 10.4. The summed E-state index contributed by atoms with van der Waals surface area (Å²) in [5.41, 5.74) is 0. The zero-order valence-electron chi connectivity index (χ0n) is 10.4. The van der Waals surface area contributed by atoms with E-state index in [0.717, 1.165) is 12.3 Å². The van der Waals surface area contributed by atoms with Gasteiger partial charge in [-0.3, -0.25) is 4.79 Å². The summed E-state index contributed by atoms with van der Waals surface area (Å²) >= 11 is 0. The van der Waals surface area contributed by atoms with Gasteiger partial charge < -0.3 is 15.7 Å². The predicted octanol–water partition coefficient (Wildman–Crippen LogP) is 1.73. The van der Waals surface area contributed by atoms with Gasteiger partial charge in [-0.15, -0.1) is 0 Å². The lowest BCUT2D eigenvalue weighted by Gasteiger charge is -2.15. The first-order valence-electron chi connectivity index (χ1n) is 6.38. The summed E-state index contributed by atoms with van der Waals surface area (Å²) in [5.74, 6) is 0.00106. The van der Waals surface area contributed by atoms with Crippen molar-refractivity contribution in [2.45, 2.75) is 51.5 Å². The molecule has 1 unspecified atom stereocenters. The number of hydrogen-bond acceptors (Lipinski definition) is 2. The average Bonchev–Trinajstić information content (AvgIpc) is 3.06. The fraction of sp³-hybridized carbons (Fsp3) is 0.833. The second-order valence-corrected chi connectivity index (χ2v) is 4.69. The van der Waals surface area contributed by atoms with Gasteiger partial charge >= 0.3 is 12.0 Å². The first-order chi connectivity index (χ1) is 8.11. The van der Waals surface area contributed by atoms with E-state index in [-0.39, 0.29) is 18.5 Å². The maximum absolute atomic E-state index is 11.4. The normalized spacial score (nSPS) is 16.3. The Bertz CT molecular complexity index is 264. The number of hydrogen-bond donors (Lipinski definition) is 3. The molecule has 0 saturated heterocycles. The molecule has 0 aromatic rings. The third kappa shape index (κ3) is 6.81. The lowest BCUT2D eigenvalue weighted by atomic mass is 10.1. The van der Waals surface area contributed by atoms with Crippen molar-refractivity contribution in [1.82, 2.24) is 10.6 Å². The van der Waals surface area contributed by atoms with E-state index in [9.17, 15) is 9.59 Å². The van der Waals surface area contributed by atoms with Crippen LogP contribution >= 0.6 is 0 Å². The third-order valence-corrected chi connectivity index (χ3v) is 3.02. The Labute approximate surface area is 102 Å². The molecule has 0 radical (unpaired) electrons. The maximum atomic E-state index is 11.4. The Balaban J connectivity index is 2.06. The number of amides is 2. The van der Waals surface area contributed by atoms with Gasteiger partial charge in [0.25, 0.3) is 0 Å². The van der Waals surface area contributed by atoms with Crippen molar-refractivity contribution < 1.29 is 14.7 Å². The van der Waals surface area contributed by atoms with Gasteiger partial charge in [-0.05, 0) is 25.2 Å². The minimum Gasteiger partial charge on any atom is -0.481 e. The molecule has 1 aliphatic carbocycles. The number of carboxylic acids is 1. The Morgan fingerprint density at radius 2 is 2.12 bits per heavy atom. The molecule has 0 bridgehead atoms. The molecule has 1 fully saturated rings. The standard InChI is InChI=1S/C12H22N2O3/c1-2-10(8-11(15)16)14-12(17)13-7-3-4-9-5-6-9/h9-10H,2-8H2,1H3,(H,15,16)(H2,13,14,17). The van der Waals surface area contributed by atoms with Crippen LogP contribution in [0.3, 0.4) is 0 Å². The van der Waals surface area contributed by atoms with Crippen LogP contribution in [0.5, 0.6) is 0 Å². The van der Waals surface area contributed by atoms with Crippen molar-refractivity contribution in [1.29, 1.82) is 0 Å². The minimum absolute atomic E-state index is 0.0218. The Kier molecular flexibility index (Phi) is 5.80. The van der Waals surface area contributed by atoms with E-state index >= 15 is 0 Å². The van der Waals surface area contributed by atoms with Crippen molar-refractivity contribution in [2.75, 3.05) is 6.54 Å². The van der Waals surface area contributed by atoms with Crippen LogP contribution in [0, 0.1) is 5.92 Å². The summed E-state index contributed by atoms with van der Waals surface area (Å²) in [6, 6.07) is -0.537. The summed E-state index contributed by atoms with van der Waals surface area (Å²) < 4.78 is 0. The summed E-state index contributed by atoms with van der Waals surface area (Å²) in [5, 5.41) is 14.1. The highest BCUT2D eigenvalue weighted by Gasteiger charge is 2.20. The second-order valence-electron chi connectivity index (χ2n) is 4.69.